The number of hydrogen-bond donors (Lipinski definition) is 0. The normalized spacial score (nSPS) is 15.5. The molecule has 0 bridgehead atoms. The average molecular weight is 464 g/mol. The number of halogens is 2. The molecular weight excluding hydrogens is 445 g/mol. The Labute approximate surface area is 196 Å². The van der Waals surface area contributed by atoms with Gasteiger partial charge in [0.15, 0.2) is 5.76 Å². The second-order valence-electron chi connectivity index (χ2n) is 7.26. The molecule has 0 fully saturated rings. The number of Topliss-reactive ketones (excluding diaryl/α,β-unsaturated/α-hetero) is 1. The topological polar surface area (TPSA) is 46.6 Å². The van der Waals surface area contributed by atoms with Gasteiger partial charge >= 0.3 is 0 Å². The number of ketones is 1. The summed E-state index contributed by atoms with van der Waals surface area (Å²) in [5.74, 6) is -0.699. The highest BCUT2D eigenvalue weighted by molar-refractivity contribution is 6.37. The van der Waals surface area contributed by atoms with Crippen molar-refractivity contribution in [1.29, 1.82) is 0 Å². The minimum atomic E-state index is -0.398. The molecule has 0 radical (unpaired) electrons. The number of rotatable bonds is 5. The molecule has 1 heterocycles. The highest BCUT2D eigenvalue weighted by Gasteiger charge is 2.37. The lowest BCUT2D eigenvalue weighted by atomic mass is 9.93. The first-order valence-electron chi connectivity index (χ1n) is 9.91. The number of allylic oxidation sites excluding steroid dienone is 1. The highest BCUT2D eigenvalue weighted by atomic mass is 35.5. The van der Waals surface area contributed by atoms with Gasteiger partial charge in [-0.3, -0.25) is 9.59 Å². The molecule has 0 unspecified atom stereocenters. The van der Waals surface area contributed by atoms with Gasteiger partial charge in [-0.2, -0.15) is 0 Å². The van der Waals surface area contributed by atoms with Gasteiger partial charge in [-0.1, -0.05) is 77.8 Å². The van der Waals surface area contributed by atoms with E-state index in [-0.39, 0.29) is 29.4 Å². The van der Waals surface area contributed by atoms with Gasteiger partial charge in [0, 0.05) is 17.1 Å². The predicted octanol–water partition coefficient (Wildman–Crippen LogP) is 6.00. The maximum atomic E-state index is 13.6. The molecule has 32 heavy (non-hydrogen) atoms. The molecule has 0 saturated carbocycles. The fraction of sp³-hybridized carbons (Fsp3) is 0.0769. The zero-order chi connectivity index (χ0) is 22.7. The molecule has 3 aromatic carbocycles. The van der Waals surface area contributed by atoms with Crippen LogP contribution in [0, 0.1) is 0 Å². The van der Waals surface area contributed by atoms with Crippen molar-refractivity contribution in [3.63, 3.8) is 0 Å². The van der Waals surface area contributed by atoms with Crippen molar-refractivity contribution in [2.24, 2.45) is 0 Å². The number of carbonyl (C=O) groups excluding carboxylic acids is 2. The summed E-state index contributed by atoms with van der Waals surface area (Å²) in [4.78, 5) is 28.2. The lowest BCUT2D eigenvalue weighted by molar-refractivity contribution is -0.131. The molecule has 1 amide bonds. The molecule has 1 aliphatic heterocycles. The Morgan fingerprint density at radius 2 is 1.44 bits per heavy atom. The van der Waals surface area contributed by atoms with E-state index < -0.39 is 5.91 Å². The van der Waals surface area contributed by atoms with Gasteiger partial charge in [-0.05, 0) is 47.0 Å². The highest BCUT2D eigenvalue weighted by Crippen LogP contribution is 2.33. The van der Waals surface area contributed by atoms with Crippen LogP contribution in [0.2, 0.25) is 10.0 Å². The van der Waals surface area contributed by atoms with Crippen molar-refractivity contribution in [2.45, 2.75) is 6.61 Å². The minimum absolute atomic E-state index is 0.0000147. The van der Waals surface area contributed by atoms with E-state index in [2.05, 4.69) is 0 Å². The van der Waals surface area contributed by atoms with Gasteiger partial charge in [-0.15, -0.1) is 0 Å². The second kappa shape index (κ2) is 9.43. The quantitative estimate of drug-likeness (QED) is 0.435. The summed E-state index contributed by atoms with van der Waals surface area (Å²) in [5.41, 5.74) is 2.68. The molecule has 160 valence electrons. The molecule has 1 aliphatic rings. The van der Waals surface area contributed by atoms with Gasteiger partial charge < -0.3 is 9.64 Å². The third-order valence-electron chi connectivity index (χ3n) is 5.08. The molecule has 0 aliphatic carbocycles. The van der Waals surface area contributed by atoms with Crippen molar-refractivity contribution >= 4 is 46.5 Å². The lowest BCUT2D eigenvalue weighted by Gasteiger charge is -2.29. The minimum Gasteiger partial charge on any atom is -0.482 e. The summed E-state index contributed by atoms with van der Waals surface area (Å²) < 4.78 is 5.92. The summed E-state index contributed by atoms with van der Waals surface area (Å²) in [5, 5.41) is 1.14. The van der Waals surface area contributed by atoms with E-state index in [1.54, 1.807) is 49.5 Å². The lowest BCUT2D eigenvalue weighted by Crippen LogP contribution is -2.38. The van der Waals surface area contributed by atoms with Gasteiger partial charge in [0.2, 0.25) is 5.78 Å². The summed E-state index contributed by atoms with van der Waals surface area (Å²) >= 11 is 12.0. The van der Waals surface area contributed by atoms with Crippen LogP contribution in [0.15, 0.2) is 90.3 Å². The number of ether oxygens (including phenoxy) is 1. The zero-order valence-corrected chi connectivity index (χ0v) is 18.7. The monoisotopic (exact) mass is 463 g/mol. The Hall–Kier alpha value is -3.34. The first kappa shape index (κ1) is 21.9. The van der Waals surface area contributed by atoms with Crippen LogP contribution in [0.1, 0.15) is 16.7 Å². The Bertz CT molecular complexity index is 1210. The Kier molecular flexibility index (Phi) is 6.45. The van der Waals surface area contributed by atoms with Crippen LogP contribution in [-0.2, 0) is 20.9 Å². The summed E-state index contributed by atoms with van der Waals surface area (Å²) in [6, 6.07) is 23.3. The van der Waals surface area contributed by atoms with E-state index in [0.717, 1.165) is 11.1 Å². The van der Waals surface area contributed by atoms with Crippen molar-refractivity contribution in [1.82, 2.24) is 4.90 Å². The Balaban J connectivity index is 1.78. The van der Waals surface area contributed by atoms with Crippen molar-refractivity contribution in [3.05, 3.63) is 117 Å². The van der Waals surface area contributed by atoms with Crippen molar-refractivity contribution in [3.8, 4) is 0 Å². The van der Waals surface area contributed by atoms with Crippen molar-refractivity contribution < 1.29 is 14.3 Å². The molecule has 4 rings (SSSR count). The standard InChI is InChI=1S/C26H19Cl2NO3/c1-29-22(15-17-5-3-2-4-6-17)24(30)23(19-9-13-21(28)14-10-19)25(26(29)31)32-16-18-7-11-20(27)12-8-18/h2-15H,16H2,1H3/b22-15-. The van der Waals surface area contributed by atoms with Crippen LogP contribution < -0.4 is 0 Å². The molecule has 0 spiro atoms. The van der Waals surface area contributed by atoms with Gasteiger partial charge in [0.25, 0.3) is 5.91 Å². The van der Waals surface area contributed by atoms with E-state index in [9.17, 15) is 9.59 Å². The third kappa shape index (κ3) is 4.62. The van der Waals surface area contributed by atoms with Gasteiger partial charge in [-0.25, -0.2) is 0 Å². The SMILES string of the molecule is CN1C(=O)C(OCc2ccc(Cl)cc2)=C(c2ccc(Cl)cc2)C(=O)/C1=C/c1ccccc1. The van der Waals surface area contributed by atoms with Gasteiger partial charge in [0.05, 0.1) is 11.3 Å². The predicted molar refractivity (Wildman–Crippen MR) is 127 cm³/mol. The summed E-state index contributed by atoms with van der Waals surface area (Å²) in [7, 11) is 1.57. The molecule has 6 heteroatoms. The maximum absolute atomic E-state index is 13.6. The van der Waals surface area contributed by atoms with E-state index in [1.807, 2.05) is 42.5 Å². The molecule has 3 aromatic rings. The van der Waals surface area contributed by atoms with E-state index >= 15 is 0 Å². The summed E-state index contributed by atoms with van der Waals surface area (Å²) in [6.07, 6.45) is 1.70. The molecule has 0 atom stereocenters. The van der Waals surface area contributed by atoms with Crippen LogP contribution in [0.3, 0.4) is 0 Å². The fourth-order valence-electron chi connectivity index (χ4n) is 3.37. The number of nitrogens with zero attached hydrogens (tertiary/aromatic N) is 1. The largest absolute Gasteiger partial charge is 0.482 e. The molecule has 0 aromatic heterocycles. The number of benzene rings is 3. The van der Waals surface area contributed by atoms with E-state index in [0.29, 0.717) is 15.6 Å². The Morgan fingerprint density at radius 3 is 2.06 bits per heavy atom. The van der Waals surface area contributed by atoms with Gasteiger partial charge in [0.1, 0.15) is 6.61 Å². The van der Waals surface area contributed by atoms with Crippen LogP contribution in [0.5, 0.6) is 0 Å². The van der Waals surface area contributed by atoms with Crippen LogP contribution in [0.25, 0.3) is 11.6 Å². The summed E-state index contributed by atoms with van der Waals surface area (Å²) in [6.45, 7) is 0.119. The molecule has 4 nitrogen and oxygen atoms in total. The number of amides is 1. The molecule has 0 saturated heterocycles. The average Bonchev–Trinajstić information content (AvgIpc) is 2.81. The maximum Gasteiger partial charge on any atom is 0.294 e. The van der Waals surface area contributed by atoms with E-state index in [4.69, 9.17) is 27.9 Å². The van der Waals surface area contributed by atoms with E-state index in [1.165, 1.54) is 4.90 Å². The number of carbonyl (C=O) groups is 2. The third-order valence-corrected chi connectivity index (χ3v) is 5.58. The first-order valence-corrected chi connectivity index (χ1v) is 10.7. The van der Waals surface area contributed by atoms with Crippen molar-refractivity contribution in [2.75, 3.05) is 7.05 Å². The zero-order valence-electron chi connectivity index (χ0n) is 17.2. The molecule has 0 N–H and O–H groups in total. The number of likely N-dealkylation sites (N-methyl/N-ethyl adjacent to an activating group) is 1. The smallest absolute Gasteiger partial charge is 0.294 e. The van der Waals surface area contributed by atoms with Crippen LogP contribution >= 0.6 is 23.2 Å². The molecular formula is C26H19Cl2NO3. The number of hydrogen-bond acceptors (Lipinski definition) is 3. The first-order chi connectivity index (χ1) is 15.4. The van der Waals surface area contributed by atoms with Crippen LogP contribution in [-0.4, -0.2) is 23.6 Å². The fourth-order valence-corrected chi connectivity index (χ4v) is 3.62. The Morgan fingerprint density at radius 1 is 0.844 bits per heavy atom. The second-order valence-corrected chi connectivity index (χ2v) is 8.13. The van der Waals surface area contributed by atoms with Crippen LogP contribution in [0.4, 0.5) is 0 Å².